The number of nitrogens with zero attached hydrogens (tertiary/aromatic N) is 2. The number of amides is 6. The van der Waals surface area contributed by atoms with Crippen LogP contribution < -0.4 is 21.3 Å². The Hall–Kier alpha value is -4.70. The largest absolute Gasteiger partial charge is 0.434 e. The molecule has 0 bridgehead atoms. The highest BCUT2D eigenvalue weighted by molar-refractivity contribution is 6.38. The number of piperidine rings is 1. The van der Waals surface area contributed by atoms with Crippen molar-refractivity contribution in [2.75, 3.05) is 27.2 Å². The van der Waals surface area contributed by atoms with E-state index in [0.717, 1.165) is 12.8 Å². The Balaban J connectivity index is 1.47. The second-order valence-corrected chi connectivity index (χ2v) is 17.2. The molecule has 0 radical (unpaired) electrons. The van der Waals surface area contributed by atoms with Crippen LogP contribution in [0.15, 0.2) is 30.3 Å². The minimum absolute atomic E-state index is 0.0573. The number of likely N-dealkylation sites (tertiary alicyclic amines) is 1. The second kappa shape index (κ2) is 15.8. The van der Waals surface area contributed by atoms with Crippen molar-refractivity contribution in [3.05, 3.63) is 35.9 Å². The van der Waals surface area contributed by atoms with Crippen LogP contribution in [-0.4, -0.2) is 108 Å². The molecular formula is C38H53F3N6O8. The standard InChI is InChI=1S/C38H53F3N6O8/c1-35(2,3)29(45-34(54)55-37(6,7)38(39,40)41)33(53)47-19-22-25(36(22,4)5)27(47)30(50)43-23(17-20-15-16-20)28(49)31(51)42-18-24(48)44-26(32(52)46(8)9)21-13-11-10-12-14-21/h10-14,20,22-23,25-27,29H,15-19H2,1-9H3,(H,42,51)(H,43,50)(H,44,48)(H,45,54)/t22-,23?,25?,26-,27-,29+/m0/s1. The number of alkyl halides is 3. The van der Waals surface area contributed by atoms with Gasteiger partial charge in [0.25, 0.3) is 5.91 Å². The summed E-state index contributed by atoms with van der Waals surface area (Å²) in [6.07, 6.45) is -4.65. The molecule has 3 aliphatic rings. The van der Waals surface area contributed by atoms with E-state index >= 15 is 0 Å². The zero-order valence-corrected chi connectivity index (χ0v) is 32.8. The van der Waals surface area contributed by atoms with E-state index in [0.29, 0.717) is 19.4 Å². The van der Waals surface area contributed by atoms with E-state index in [1.165, 1.54) is 23.9 Å². The molecular weight excluding hydrogens is 725 g/mol. The molecule has 14 nitrogen and oxygen atoms in total. The Kier molecular flexibility index (Phi) is 12.4. The molecule has 55 heavy (non-hydrogen) atoms. The summed E-state index contributed by atoms with van der Waals surface area (Å²) in [5, 5.41) is 9.86. The quantitative estimate of drug-likeness (QED) is 0.208. The number of rotatable bonds is 14. The van der Waals surface area contributed by atoms with Crippen LogP contribution in [0.5, 0.6) is 0 Å². The van der Waals surface area contributed by atoms with E-state index in [9.17, 15) is 46.7 Å². The van der Waals surface area contributed by atoms with E-state index in [1.54, 1.807) is 51.1 Å². The van der Waals surface area contributed by atoms with E-state index in [1.807, 2.05) is 13.8 Å². The zero-order valence-electron chi connectivity index (χ0n) is 32.8. The highest BCUT2D eigenvalue weighted by Crippen LogP contribution is 2.65. The molecule has 1 saturated heterocycles. The van der Waals surface area contributed by atoms with Crippen LogP contribution in [0.25, 0.3) is 0 Å². The van der Waals surface area contributed by atoms with E-state index < -0.39 is 89.3 Å². The number of hydrogen-bond acceptors (Lipinski definition) is 8. The fraction of sp³-hybridized carbons (Fsp3) is 0.658. The van der Waals surface area contributed by atoms with Crippen LogP contribution in [0.4, 0.5) is 18.0 Å². The monoisotopic (exact) mass is 778 g/mol. The lowest BCUT2D eigenvalue weighted by atomic mass is 9.85. The maximum absolute atomic E-state index is 14.2. The first kappa shape index (κ1) is 43.0. The van der Waals surface area contributed by atoms with Crippen molar-refractivity contribution in [1.82, 2.24) is 31.1 Å². The van der Waals surface area contributed by atoms with Crippen molar-refractivity contribution < 1.29 is 51.5 Å². The summed E-state index contributed by atoms with van der Waals surface area (Å²) in [4.78, 5) is 96.0. The molecule has 4 rings (SSSR count). The minimum atomic E-state index is -4.88. The lowest BCUT2D eigenvalue weighted by molar-refractivity contribution is -0.244. The molecule has 2 aliphatic carbocycles. The number of alkyl carbamates (subject to hydrolysis) is 1. The van der Waals surface area contributed by atoms with Crippen LogP contribution in [0.3, 0.4) is 0 Å². The van der Waals surface area contributed by atoms with Crippen molar-refractivity contribution in [3.63, 3.8) is 0 Å². The molecule has 6 amide bonds. The molecule has 2 unspecified atom stereocenters. The summed E-state index contributed by atoms with van der Waals surface area (Å²) in [6, 6.07) is 3.65. The van der Waals surface area contributed by atoms with Crippen LogP contribution in [0.1, 0.15) is 79.3 Å². The summed E-state index contributed by atoms with van der Waals surface area (Å²) in [7, 11) is 3.06. The third kappa shape index (κ3) is 9.95. The highest BCUT2D eigenvalue weighted by Gasteiger charge is 2.70. The lowest BCUT2D eigenvalue weighted by Crippen LogP contribution is -2.61. The van der Waals surface area contributed by atoms with Gasteiger partial charge < -0.3 is 35.8 Å². The first-order valence-electron chi connectivity index (χ1n) is 18.3. The van der Waals surface area contributed by atoms with Gasteiger partial charge in [0.2, 0.25) is 35.0 Å². The van der Waals surface area contributed by atoms with Gasteiger partial charge in [0.15, 0.2) is 0 Å². The number of ketones is 1. The molecule has 4 N–H and O–H groups in total. The van der Waals surface area contributed by atoms with Crippen molar-refractivity contribution in [2.24, 2.45) is 28.6 Å². The number of fused-ring (bicyclic) bond motifs is 1. The molecule has 304 valence electrons. The predicted octanol–water partition coefficient (Wildman–Crippen LogP) is 2.87. The van der Waals surface area contributed by atoms with E-state index in [2.05, 4.69) is 26.0 Å². The normalized spacial score (nSPS) is 21.9. The maximum atomic E-state index is 14.2. The summed E-state index contributed by atoms with van der Waals surface area (Å²) < 4.78 is 45.0. The average molecular weight is 779 g/mol. The summed E-state index contributed by atoms with van der Waals surface area (Å²) >= 11 is 0. The van der Waals surface area contributed by atoms with Gasteiger partial charge in [-0.1, -0.05) is 77.8 Å². The Morgan fingerprint density at radius 1 is 0.927 bits per heavy atom. The fourth-order valence-electron chi connectivity index (χ4n) is 7.05. The van der Waals surface area contributed by atoms with Gasteiger partial charge in [0.05, 0.1) is 12.6 Å². The Morgan fingerprint density at radius 2 is 1.53 bits per heavy atom. The molecule has 0 spiro atoms. The first-order chi connectivity index (χ1) is 25.3. The number of halogens is 3. The van der Waals surface area contributed by atoms with E-state index in [-0.39, 0.29) is 36.1 Å². The molecule has 1 aliphatic heterocycles. The highest BCUT2D eigenvalue weighted by atomic mass is 19.4. The first-order valence-corrected chi connectivity index (χ1v) is 18.3. The molecule has 6 atom stereocenters. The van der Waals surface area contributed by atoms with Gasteiger partial charge in [-0.25, -0.2) is 4.79 Å². The molecule has 0 aromatic heterocycles. The van der Waals surface area contributed by atoms with Crippen LogP contribution in [0.2, 0.25) is 0 Å². The summed E-state index contributed by atoms with van der Waals surface area (Å²) in [6.45, 7) is 9.51. The molecule has 1 heterocycles. The Bertz CT molecular complexity index is 1670. The van der Waals surface area contributed by atoms with Gasteiger partial charge in [-0.3, -0.25) is 28.8 Å². The molecule has 1 aromatic rings. The third-order valence-electron chi connectivity index (χ3n) is 10.8. The third-order valence-corrected chi connectivity index (χ3v) is 10.8. The topological polar surface area (TPSA) is 183 Å². The van der Waals surface area contributed by atoms with Crippen LogP contribution in [-0.2, 0) is 33.5 Å². The van der Waals surface area contributed by atoms with Crippen molar-refractivity contribution in [1.29, 1.82) is 0 Å². The van der Waals surface area contributed by atoms with Gasteiger partial charge in [-0.2, -0.15) is 13.2 Å². The van der Waals surface area contributed by atoms with Gasteiger partial charge >= 0.3 is 12.3 Å². The number of carbonyl (C=O) groups is 7. The molecule has 1 aromatic carbocycles. The van der Waals surface area contributed by atoms with Crippen LogP contribution >= 0.6 is 0 Å². The van der Waals surface area contributed by atoms with Crippen molar-refractivity contribution >= 4 is 41.4 Å². The van der Waals surface area contributed by atoms with E-state index in [4.69, 9.17) is 0 Å². The van der Waals surface area contributed by atoms with Crippen LogP contribution in [0, 0.1) is 28.6 Å². The summed E-state index contributed by atoms with van der Waals surface area (Å²) in [5.41, 5.74) is -3.73. The summed E-state index contributed by atoms with van der Waals surface area (Å²) in [5.74, 6) is -5.09. The average Bonchev–Trinajstić information content (AvgIpc) is 3.93. The zero-order chi connectivity index (χ0) is 41.4. The number of ether oxygens (including phenoxy) is 1. The Morgan fingerprint density at radius 3 is 2.05 bits per heavy atom. The molecule has 17 heteroatoms. The number of likely N-dealkylation sites (N-methyl/N-ethyl adjacent to an activating group) is 1. The SMILES string of the molecule is CN(C)C(=O)[C@@H](NC(=O)CNC(=O)C(=O)C(CC1CC1)NC(=O)[C@@H]1C2[C@H](CN1C(=O)[C@@H](NC(=O)OC(C)(C)C(F)(F)F)C(C)(C)C)C2(C)C)c1ccccc1. The fourth-order valence-corrected chi connectivity index (χ4v) is 7.05. The smallest absolute Gasteiger partial charge is 0.427 e. The van der Waals surface area contributed by atoms with Crippen molar-refractivity contribution in [3.8, 4) is 0 Å². The van der Waals surface area contributed by atoms with Gasteiger partial charge in [0, 0.05) is 20.6 Å². The number of nitrogens with one attached hydrogen (secondary N) is 4. The number of Topliss-reactive ketones (excluding diaryl/α,β-unsaturated/α-hetero) is 1. The minimum Gasteiger partial charge on any atom is -0.434 e. The Labute approximate surface area is 319 Å². The maximum Gasteiger partial charge on any atom is 0.427 e. The molecule has 2 saturated carbocycles. The second-order valence-electron chi connectivity index (χ2n) is 17.2. The van der Waals surface area contributed by atoms with Gasteiger partial charge in [-0.05, 0) is 54.4 Å². The van der Waals surface area contributed by atoms with Crippen molar-refractivity contribution in [2.45, 2.75) is 104 Å². The van der Waals surface area contributed by atoms with Gasteiger partial charge in [0.1, 0.15) is 18.1 Å². The number of carbonyl (C=O) groups excluding carboxylic acids is 7. The number of hydrogen-bond donors (Lipinski definition) is 4. The number of benzene rings is 1. The van der Waals surface area contributed by atoms with Gasteiger partial charge in [-0.15, -0.1) is 0 Å². The predicted molar refractivity (Wildman–Crippen MR) is 193 cm³/mol. The molecule has 3 fully saturated rings. The lowest BCUT2D eigenvalue weighted by Gasteiger charge is -2.38.